The summed E-state index contributed by atoms with van der Waals surface area (Å²) in [6.07, 6.45) is 1.34. The van der Waals surface area contributed by atoms with Crippen LogP contribution in [0.25, 0.3) is 10.8 Å². The van der Waals surface area contributed by atoms with E-state index in [9.17, 15) is 9.59 Å². The lowest BCUT2D eigenvalue weighted by molar-refractivity contribution is 0.0922. The molecule has 2 aromatic carbocycles. The molecule has 0 bridgehead atoms. The van der Waals surface area contributed by atoms with Crippen LogP contribution in [-0.2, 0) is 7.05 Å². The summed E-state index contributed by atoms with van der Waals surface area (Å²) in [6, 6.07) is 14.2. The second kappa shape index (κ2) is 7.03. The smallest absolute Gasteiger partial charge is 0.319 e. The Hall–Kier alpha value is -3.48. The molecular formula is C20H19N3O4. The Morgan fingerprint density at radius 3 is 2.63 bits per heavy atom. The second-order valence-electron chi connectivity index (χ2n) is 6.34. The van der Waals surface area contributed by atoms with Gasteiger partial charge in [-0.15, -0.1) is 0 Å². The number of fused-ring (bicyclic) bond motifs is 2. The zero-order valence-corrected chi connectivity index (χ0v) is 14.8. The number of amides is 2. The number of para-hydroxylation sites is 2. The molecule has 27 heavy (non-hydrogen) atoms. The predicted molar refractivity (Wildman–Crippen MR) is 103 cm³/mol. The molecule has 7 heteroatoms. The Kier molecular flexibility index (Phi) is 4.42. The Morgan fingerprint density at radius 2 is 1.81 bits per heavy atom. The monoisotopic (exact) mass is 365 g/mol. The van der Waals surface area contributed by atoms with Gasteiger partial charge in [0, 0.05) is 24.0 Å². The molecule has 0 fully saturated rings. The highest BCUT2D eigenvalue weighted by Gasteiger charge is 2.21. The van der Waals surface area contributed by atoms with E-state index in [1.165, 1.54) is 4.57 Å². The summed E-state index contributed by atoms with van der Waals surface area (Å²) in [5.41, 5.74) is 0.458. The molecule has 2 N–H and O–H groups in total. The van der Waals surface area contributed by atoms with Crippen LogP contribution in [0.4, 0.5) is 10.5 Å². The van der Waals surface area contributed by atoms with Gasteiger partial charge in [0.05, 0.1) is 12.2 Å². The average Bonchev–Trinajstić information content (AvgIpc) is 2.70. The van der Waals surface area contributed by atoms with Gasteiger partial charge in [0.15, 0.2) is 17.6 Å². The number of rotatable bonds is 3. The highest BCUT2D eigenvalue weighted by molar-refractivity contribution is 6.00. The number of nitrogens with one attached hydrogen (secondary N) is 2. The number of urea groups is 1. The van der Waals surface area contributed by atoms with Crippen LogP contribution in [0.3, 0.4) is 0 Å². The van der Waals surface area contributed by atoms with Crippen LogP contribution in [0.2, 0.25) is 0 Å². The molecule has 0 saturated heterocycles. The predicted octanol–water partition coefficient (Wildman–Crippen LogP) is 2.50. The topological polar surface area (TPSA) is 81.6 Å². The van der Waals surface area contributed by atoms with Gasteiger partial charge in [-0.05, 0) is 18.2 Å². The molecule has 0 radical (unpaired) electrons. The minimum Gasteiger partial charge on any atom is -0.486 e. The van der Waals surface area contributed by atoms with Gasteiger partial charge < -0.3 is 24.7 Å². The lowest BCUT2D eigenvalue weighted by Crippen LogP contribution is -2.42. The Morgan fingerprint density at radius 1 is 1.11 bits per heavy atom. The van der Waals surface area contributed by atoms with Gasteiger partial charge >= 0.3 is 6.03 Å². The van der Waals surface area contributed by atoms with Gasteiger partial charge in [0.1, 0.15) is 6.61 Å². The summed E-state index contributed by atoms with van der Waals surface area (Å²) in [6.45, 7) is 0.657. The van der Waals surface area contributed by atoms with Crippen LogP contribution >= 0.6 is 0 Å². The largest absolute Gasteiger partial charge is 0.486 e. The van der Waals surface area contributed by atoms with Crippen molar-refractivity contribution in [3.8, 4) is 11.5 Å². The minimum atomic E-state index is -0.374. The van der Waals surface area contributed by atoms with Gasteiger partial charge in [0.2, 0.25) is 0 Å². The maximum atomic E-state index is 12.3. The Labute approximate surface area is 155 Å². The van der Waals surface area contributed by atoms with E-state index in [-0.39, 0.29) is 17.7 Å². The van der Waals surface area contributed by atoms with Crippen molar-refractivity contribution in [2.24, 2.45) is 7.05 Å². The SMILES string of the molecule is Cn1cc(NC(=O)NCC2COc3ccccc3O2)c2ccccc2c1=O. The standard InChI is InChI=1S/C20H19N3O4/c1-23-11-16(14-6-2-3-7-15(14)19(23)24)22-20(25)21-10-13-12-26-17-8-4-5-9-18(17)27-13/h2-9,11,13H,10,12H2,1H3,(H2,21,22,25). The van der Waals surface area contributed by atoms with E-state index in [0.29, 0.717) is 41.1 Å². The molecule has 2 amide bonds. The molecule has 7 nitrogen and oxygen atoms in total. The van der Waals surface area contributed by atoms with E-state index in [1.54, 1.807) is 31.4 Å². The van der Waals surface area contributed by atoms with Crippen molar-refractivity contribution in [3.63, 3.8) is 0 Å². The van der Waals surface area contributed by atoms with Crippen LogP contribution in [0.5, 0.6) is 11.5 Å². The summed E-state index contributed by atoms with van der Waals surface area (Å²) in [7, 11) is 1.66. The van der Waals surface area contributed by atoms with Crippen molar-refractivity contribution >= 4 is 22.5 Å². The van der Waals surface area contributed by atoms with E-state index in [4.69, 9.17) is 9.47 Å². The van der Waals surface area contributed by atoms with E-state index in [0.717, 1.165) is 0 Å². The summed E-state index contributed by atoms with van der Waals surface area (Å²) < 4.78 is 12.9. The summed E-state index contributed by atoms with van der Waals surface area (Å²) in [5.74, 6) is 1.37. The van der Waals surface area contributed by atoms with Crippen LogP contribution in [0.1, 0.15) is 0 Å². The zero-order valence-electron chi connectivity index (χ0n) is 14.8. The fourth-order valence-electron chi connectivity index (χ4n) is 3.05. The summed E-state index contributed by atoms with van der Waals surface area (Å²) in [4.78, 5) is 24.5. The first kappa shape index (κ1) is 17.0. The molecule has 2 heterocycles. The number of ether oxygens (including phenoxy) is 2. The third-order valence-electron chi connectivity index (χ3n) is 4.40. The fourth-order valence-corrected chi connectivity index (χ4v) is 3.05. The maximum absolute atomic E-state index is 12.3. The van der Waals surface area contributed by atoms with Crippen molar-refractivity contribution in [2.75, 3.05) is 18.5 Å². The Bertz CT molecular complexity index is 1060. The van der Waals surface area contributed by atoms with Crippen LogP contribution in [-0.4, -0.2) is 29.9 Å². The van der Waals surface area contributed by atoms with Gasteiger partial charge in [-0.2, -0.15) is 0 Å². The van der Waals surface area contributed by atoms with Gasteiger partial charge in [-0.3, -0.25) is 4.79 Å². The molecule has 3 aromatic rings. The number of pyridine rings is 1. The second-order valence-corrected chi connectivity index (χ2v) is 6.34. The molecule has 1 unspecified atom stereocenters. The number of carbonyl (C=O) groups is 1. The lowest BCUT2D eigenvalue weighted by Gasteiger charge is -2.26. The fraction of sp³-hybridized carbons (Fsp3) is 0.200. The lowest BCUT2D eigenvalue weighted by atomic mass is 10.1. The highest BCUT2D eigenvalue weighted by atomic mass is 16.6. The van der Waals surface area contributed by atoms with Crippen LogP contribution in [0.15, 0.2) is 59.5 Å². The Balaban J connectivity index is 1.43. The van der Waals surface area contributed by atoms with Crippen molar-refractivity contribution in [1.29, 1.82) is 0 Å². The van der Waals surface area contributed by atoms with Crippen molar-refractivity contribution in [2.45, 2.75) is 6.10 Å². The molecule has 1 atom stereocenters. The van der Waals surface area contributed by atoms with Gasteiger partial charge in [0.25, 0.3) is 5.56 Å². The normalized spacial score (nSPS) is 15.4. The van der Waals surface area contributed by atoms with Crippen molar-refractivity contribution < 1.29 is 14.3 Å². The first-order valence-electron chi connectivity index (χ1n) is 8.63. The average molecular weight is 365 g/mol. The third kappa shape index (κ3) is 3.44. The van der Waals surface area contributed by atoms with E-state index in [2.05, 4.69) is 10.6 Å². The number of aryl methyl sites for hydroxylation is 1. The molecule has 0 spiro atoms. The number of benzene rings is 2. The number of aromatic nitrogens is 1. The van der Waals surface area contributed by atoms with E-state index < -0.39 is 0 Å². The minimum absolute atomic E-state index is 0.108. The van der Waals surface area contributed by atoms with Gasteiger partial charge in [-0.25, -0.2) is 4.79 Å². The van der Waals surface area contributed by atoms with Crippen molar-refractivity contribution in [1.82, 2.24) is 9.88 Å². The number of anilines is 1. The first-order valence-corrected chi connectivity index (χ1v) is 8.63. The molecule has 138 valence electrons. The summed E-state index contributed by atoms with van der Waals surface area (Å²) in [5, 5.41) is 6.84. The molecule has 1 aromatic heterocycles. The number of nitrogens with zero attached hydrogens (tertiary/aromatic N) is 1. The quantitative estimate of drug-likeness (QED) is 0.747. The van der Waals surface area contributed by atoms with Crippen LogP contribution < -0.4 is 25.7 Å². The molecule has 0 saturated carbocycles. The number of carbonyl (C=O) groups excluding carboxylic acids is 1. The van der Waals surface area contributed by atoms with E-state index >= 15 is 0 Å². The molecule has 4 rings (SSSR count). The molecular weight excluding hydrogens is 346 g/mol. The first-order chi connectivity index (χ1) is 13.1. The highest BCUT2D eigenvalue weighted by Crippen LogP contribution is 2.30. The maximum Gasteiger partial charge on any atom is 0.319 e. The van der Waals surface area contributed by atoms with Crippen LogP contribution in [0, 0.1) is 0 Å². The number of hydrogen-bond acceptors (Lipinski definition) is 4. The number of hydrogen-bond donors (Lipinski definition) is 2. The van der Waals surface area contributed by atoms with Gasteiger partial charge in [-0.1, -0.05) is 30.3 Å². The van der Waals surface area contributed by atoms with E-state index in [1.807, 2.05) is 30.3 Å². The van der Waals surface area contributed by atoms with Crippen molar-refractivity contribution in [3.05, 3.63) is 65.1 Å². The molecule has 1 aliphatic rings. The molecule has 0 aliphatic carbocycles. The summed E-state index contributed by atoms with van der Waals surface area (Å²) >= 11 is 0. The zero-order chi connectivity index (χ0) is 18.8. The third-order valence-corrected chi connectivity index (χ3v) is 4.40. The molecule has 1 aliphatic heterocycles.